The van der Waals surface area contributed by atoms with Gasteiger partial charge in [-0.3, -0.25) is 9.59 Å². The zero-order valence-corrected chi connectivity index (χ0v) is 16.9. The molecule has 0 bridgehead atoms. The van der Waals surface area contributed by atoms with Crippen LogP contribution in [0, 0.1) is 5.82 Å². The lowest BCUT2D eigenvalue weighted by Crippen LogP contribution is -2.40. The topological polar surface area (TPSA) is 102 Å². The first-order valence-corrected chi connectivity index (χ1v) is 10.7. The molecule has 0 unspecified atom stereocenters. The number of amides is 1. The van der Waals surface area contributed by atoms with Gasteiger partial charge in [-0.1, -0.05) is 12.1 Å². The minimum atomic E-state index is -3.61. The number of ether oxygens (including phenoxy) is 2. The molecule has 1 aliphatic heterocycles. The van der Waals surface area contributed by atoms with E-state index in [0.29, 0.717) is 37.6 Å². The van der Waals surface area contributed by atoms with E-state index in [4.69, 9.17) is 9.47 Å². The lowest BCUT2D eigenvalue weighted by Gasteiger charge is -2.26. The molecule has 1 saturated heterocycles. The third-order valence-electron chi connectivity index (χ3n) is 4.37. The van der Waals surface area contributed by atoms with Crippen LogP contribution < -0.4 is 5.32 Å². The molecule has 10 heteroatoms. The second-order valence-electron chi connectivity index (χ2n) is 6.55. The molecule has 30 heavy (non-hydrogen) atoms. The van der Waals surface area contributed by atoms with Crippen LogP contribution in [0.4, 0.5) is 10.1 Å². The van der Waals surface area contributed by atoms with Gasteiger partial charge >= 0.3 is 5.97 Å². The van der Waals surface area contributed by atoms with Crippen LogP contribution in [0.1, 0.15) is 5.56 Å². The van der Waals surface area contributed by atoms with Gasteiger partial charge in [-0.15, -0.1) is 0 Å². The molecule has 1 N–H and O–H groups in total. The van der Waals surface area contributed by atoms with Crippen LogP contribution in [0.15, 0.2) is 53.4 Å². The number of nitrogens with zero attached hydrogens (tertiary/aromatic N) is 1. The van der Waals surface area contributed by atoms with Gasteiger partial charge in [-0.2, -0.15) is 4.31 Å². The van der Waals surface area contributed by atoms with E-state index in [1.807, 2.05) is 0 Å². The van der Waals surface area contributed by atoms with Crippen molar-refractivity contribution in [2.75, 3.05) is 38.2 Å². The highest BCUT2D eigenvalue weighted by atomic mass is 32.2. The van der Waals surface area contributed by atoms with E-state index in [-0.39, 0.29) is 11.3 Å². The van der Waals surface area contributed by atoms with Gasteiger partial charge < -0.3 is 14.8 Å². The number of sulfonamides is 1. The van der Waals surface area contributed by atoms with Gasteiger partial charge in [0, 0.05) is 18.8 Å². The largest absolute Gasteiger partial charge is 0.455 e. The second kappa shape index (κ2) is 9.79. The number of carbonyl (C=O) groups is 2. The average molecular weight is 436 g/mol. The van der Waals surface area contributed by atoms with Gasteiger partial charge in [-0.25, -0.2) is 12.8 Å². The molecule has 0 atom stereocenters. The number of hydrogen-bond acceptors (Lipinski definition) is 6. The predicted octanol–water partition coefficient (Wildman–Crippen LogP) is 1.57. The van der Waals surface area contributed by atoms with Crippen molar-refractivity contribution >= 4 is 27.6 Å². The van der Waals surface area contributed by atoms with Crippen LogP contribution in [-0.4, -0.2) is 57.5 Å². The Morgan fingerprint density at radius 1 is 1.03 bits per heavy atom. The summed E-state index contributed by atoms with van der Waals surface area (Å²) in [5, 5.41) is 2.53. The molecule has 0 aromatic heterocycles. The van der Waals surface area contributed by atoms with E-state index in [1.54, 1.807) is 0 Å². The molecule has 1 amide bonds. The maximum Gasteiger partial charge on any atom is 0.310 e. The fourth-order valence-corrected chi connectivity index (χ4v) is 4.22. The summed E-state index contributed by atoms with van der Waals surface area (Å²) >= 11 is 0. The second-order valence-corrected chi connectivity index (χ2v) is 8.49. The van der Waals surface area contributed by atoms with Crippen LogP contribution >= 0.6 is 0 Å². The maximum absolute atomic E-state index is 12.9. The fourth-order valence-electron chi connectivity index (χ4n) is 2.81. The summed E-state index contributed by atoms with van der Waals surface area (Å²) in [5.41, 5.74) is 0.939. The summed E-state index contributed by atoms with van der Waals surface area (Å²) in [6, 6.07) is 11.1. The Morgan fingerprint density at radius 2 is 1.67 bits per heavy atom. The van der Waals surface area contributed by atoms with Crippen LogP contribution in [-0.2, 0) is 35.5 Å². The number of halogens is 1. The quantitative estimate of drug-likeness (QED) is 0.661. The van der Waals surface area contributed by atoms with Gasteiger partial charge in [-0.05, 0) is 42.0 Å². The number of esters is 1. The Hall–Kier alpha value is -2.82. The SMILES string of the molecule is O=C(COC(=O)Cc1ccc(F)cc1)Nc1ccc(S(=O)(=O)N2CCOCC2)cc1. The zero-order valence-electron chi connectivity index (χ0n) is 16.0. The molecule has 0 spiro atoms. The van der Waals surface area contributed by atoms with E-state index >= 15 is 0 Å². The van der Waals surface area contributed by atoms with Crippen LogP contribution in [0.5, 0.6) is 0 Å². The van der Waals surface area contributed by atoms with Crippen molar-refractivity contribution in [3.8, 4) is 0 Å². The average Bonchev–Trinajstić information content (AvgIpc) is 2.75. The molecule has 1 heterocycles. The first-order chi connectivity index (χ1) is 14.3. The predicted molar refractivity (Wildman–Crippen MR) is 106 cm³/mol. The first-order valence-electron chi connectivity index (χ1n) is 9.22. The number of morpholine rings is 1. The summed E-state index contributed by atoms with van der Waals surface area (Å²) in [6.45, 7) is 0.808. The summed E-state index contributed by atoms with van der Waals surface area (Å²) < 4.78 is 49.4. The van der Waals surface area contributed by atoms with Crippen molar-refractivity contribution in [1.29, 1.82) is 0 Å². The maximum atomic E-state index is 12.9. The molecule has 2 aromatic carbocycles. The Labute approximate surface area is 173 Å². The van der Waals surface area contributed by atoms with E-state index in [1.165, 1.54) is 52.8 Å². The van der Waals surface area contributed by atoms with Crippen molar-refractivity contribution < 1.29 is 31.9 Å². The minimum Gasteiger partial charge on any atom is -0.455 e. The molecule has 2 aromatic rings. The Bertz CT molecular complexity index is 987. The highest BCUT2D eigenvalue weighted by molar-refractivity contribution is 7.89. The van der Waals surface area contributed by atoms with Crippen LogP contribution in [0.2, 0.25) is 0 Å². The lowest BCUT2D eigenvalue weighted by molar-refractivity contribution is -0.146. The molecule has 0 radical (unpaired) electrons. The van der Waals surface area contributed by atoms with E-state index in [2.05, 4.69) is 5.32 Å². The smallest absolute Gasteiger partial charge is 0.310 e. The van der Waals surface area contributed by atoms with Crippen molar-refractivity contribution in [3.05, 3.63) is 59.9 Å². The monoisotopic (exact) mass is 436 g/mol. The number of benzene rings is 2. The number of anilines is 1. The Morgan fingerprint density at radius 3 is 2.30 bits per heavy atom. The number of hydrogen-bond donors (Lipinski definition) is 1. The molecule has 8 nitrogen and oxygen atoms in total. The third kappa shape index (κ3) is 5.85. The normalized spacial score (nSPS) is 14.8. The van der Waals surface area contributed by atoms with Crippen molar-refractivity contribution in [2.24, 2.45) is 0 Å². The molecule has 0 aliphatic carbocycles. The van der Waals surface area contributed by atoms with Crippen LogP contribution in [0.3, 0.4) is 0 Å². The molecular weight excluding hydrogens is 415 g/mol. The zero-order chi connectivity index (χ0) is 21.6. The van der Waals surface area contributed by atoms with E-state index in [0.717, 1.165) is 0 Å². The van der Waals surface area contributed by atoms with Gasteiger partial charge in [0.05, 0.1) is 24.5 Å². The van der Waals surface area contributed by atoms with E-state index in [9.17, 15) is 22.4 Å². The molecular formula is C20H21FN2O6S. The van der Waals surface area contributed by atoms with Gasteiger partial charge in [0.2, 0.25) is 10.0 Å². The Kier molecular flexibility index (Phi) is 7.14. The van der Waals surface area contributed by atoms with Crippen molar-refractivity contribution in [3.63, 3.8) is 0 Å². The molecule has 1 aliphatic rings. The van der Waals surface area contributed by atoms with Crippen molar-refractivity contribution in [2.45, 2.75) is 11.3 Å². The van der Waals surface area contributed by atoms with Gasteiger partial charge in [0.25, 0.3) is 5.91 Å². The summed E-state index contributed by atoms with van der Waals surface area (Å²) in [5.74, 6) is -1.59. The fraction of sp³-hybridized carbons (Fsp3) is 0.300. The van der Waals surface area contributed by atoms with E-state index < -0.39 is 34.3 Å². The minimum absolute atomic E-state index is 0.0817. The highest BCUT2D eigenvalue weighted by Crippen LogP contribution is 2.19. The number of nitrogens with one attached hydrogen (secondary N) is 1. The van der Waals surface area contributed by atoms with Crippen LogP contribution in [0.25, 0.3) is 0 Å². The van der Waals surface area contributed by atoms with Gasteiger partial charge in [0.15, 0.2) is 6.61 Å². The lowest BCUT2D eigenvalue weighted by atomic mass is 10.1. The van der Waals surface area contributed by atoms with Gasteiger partial charge in [0.1, 0.15) is 5.82 Å². The molecule has 1 fully saturated rings. The van der Waals surface area contributed by atoms with Crippen molar-refractivity contribution in [1.82, 2.24) is 4.31 Å². The standard InChI is InChI=1S/C20H21FN2O6S/c21-16-3-1-15(2-4-16)13-20(25)29-14-19(24)22-17-5-7-18(8-6-17)30(26,27)23-9-11-28-12-10-23/h1-8H,9-14H2,(H,22,24). The summed E-state index contributed by atoms with van der Waals surface area (Å²) in [7, 11) is -3.61. The summed E-state index contributed by atoms with van der Waals surface area (Å²) in [4.78, 5) is 23.9. The molecule has 0 saturated carbocycles. The molecule has 3 rings (SSSR count). The first kappa shape index (κ1) is 21.9. The molecule has 160 valence electrons. The number of rotatable bonds is 7. The number of carbonyl (C=O) groups excluding carboxylic acids is 2. The Balaban J connectivity index is 1.49. The highest BCUT2D eigenvalue weighted by Gasteiger charge is 2.26. The summed E-state index contributed by atoms with van der Waals surface area (Å²) in [6.07, 6.45) is -0.0817. The third-order valence-corrected chi connectivity index (χ3v) is 6.28.